The van der Waals surface area contributed by atoms with Crippen molar-refractivity contribution in [2.75, 3.05) is 13.2 Å². The Hall–Kier alpha value is -1.58. The molecule has 3 nitrogen and oxygen atoms in total. The minimum Gasteiger partial charge on any atom is -0.490 e. The van der Waals surface area contributed by atoms with E-state index >= 15 is 0 Å². The molecule has 1 aliphatic rings. The third-order valence-corrected chi connectivity index (χ3v) is 2.97. The normalized spacial score (nSPS) is 18.3. The Morgan fingerprint density at radius 2 is 1.94 bits per heavy atom. The second-order valence-electron chi connectivity index (χ2n) is 4.19. The van der Waals surface area contributed by atoms with E-state index in [-0.39, 0.29) is 12.7 Å². The molecule has 0 spiro atoms. The second kappa shape index (κ2) is 4.35. The maximum Gasteiger partial charge on any atom is 0.127 e. The maximum atomic E-state index is 9.29. The van der Waals surface area contributed by atoms with Crippen LogP contribution < -0.4 is 4.74 Å². The molecule has 0 aliphatic carbocycles. The standard InChI is InChI=1S/C14H14O3/c15-7-10-5-6-14(17-9-11-8-16-11)13-4-2-1-3-12(10)13/h1-6,11,15H,7-9H2/t11-/m0/s1. The number of fused-ring (bicyclic) bond motifs is 1. The zero-order valence-corrected chi connectivity index (χ0v) is 9.43. The first kappa shape index (κ1) is 10.6. The van der Waals surface area contributed by atoms with E-state index in [1.54, 1.807) is 0 Å². The van der Waals surface area contributed by atoms with Gasteiger partial charge < -0.3 is 14.6 Å². The van der Waals surface area contributed by atoms with Gasteiger partial charge in [0.2, 0.25) is 0 Å². The fourth-order valence-corrected chi connectivity index (χ4v) is 1.94. The van der Waals surface area contributed by atoms with Crippen LogP contribution in [0, 0.1) is 0 Å². The highest BCUT2D eigenvalue weighted by Crippen LogP contribution is 2.29. The molecule has 1 aliphatic heterocycles. The molecule has 3 rings (SSSR count). The van der Waals surface area contributed by atoms with Crippen molar-refractivity contribution in [1.29, 1.82) is 0 Å². The van der Waals surface area contributed by atoms with Crippen LogP contribution in [0.4, 0.5) is 0 Å². The van der Waals surface area contributed by atoms with Gasteiger partial charge in [0.15, 0.2) is 0 Å². The molecular weight excluding hydrogens is 216 g/mol. The number of benzene rings is 2. The van der Waals surface area contributed by atoms with E-state index in [0.29, 0.717) is 6.61 Å². The molecule has 0 unspecified atom stereocenters. The number of rotatable bonds is 4. The summed E-state index contributed by atoms with van der Waals surface area (Å²) >= 11 is 0. The second-order valence-corrected chi connectivity index (χ2v) is 4.19. The van der Waals surface area contributed by atoms with Crippen molar-refractivity contribution < 1.29 is 14.6 Å². The lowest BCUT2D eigenvalue weighted by atomic mass is 10.0. The molecule has 0 bridgehead atoms. The molecule has 17 heavy (non-hydrogen) atoms. The van der Waals surface area contributed by atoms with Gasteiger partial charge in [0.1, 0.15) is 18.5 Å². The van der Waals surface area contributed by atoms with Gasteiger partial charge in [-0.3, -0.25) is 0 Å². The maximum absolute atomic E-state index is 9.29. The van der Waals surface area contributed by atoms with Crippen LogP contribution in [0.25, 0.3) is 10.8 Å². The predicted octanol–water partition coefficient (Wildman–Crippen LogP) is 2.11. The summed E-state index contributed by atoms with van der Waals surface area (Å²) in [5.74, 6) is 0.855. The summed E-state index contributed by atoms with van der Waals surface area (Å²) in [7, 11) is 0. The summed E-state index contributed by atoms with van der Waals surface area (Å²) in [5.41, 5.74) is 0.927. The van der Waals surface area contributed by atoms with Gasteiger partial charge in [-0.25, -0.2) is 0 Å². The minimum absolute atomic E-state index is 0.0481. The zero-order valence-electron chi connectivity index (χ0n) is 9.43. The van der Waals surface area contributed by atoms with Crippen molar-refractivity contribution in [3.05, 3.63) is 42.0 Å². The summed E-state index contributed by atoms with van der Waals surface area (Å²) < 4.78 is 10.9. The first-order valence-corrected chi connectivity index (χ1v) is 5.74. The van der Waals surface area contributed by atoms with Gasteiger partial charge in [0, 0.05) is 5.39 Å². The number of aliphatic hydroxyl groups excluding tert-OH is 1. The highest BCUT2D eigenvalue weighted by Gasteiger charge is 2.23. The third kappa shape index (κ3) is 2.12. The Morgan fingerprint density at radius 3 is 2.65 bits per heavy atom. The number of aliphatic hydroxyl groups is 1. The van der Waals surface area contributed by atoms with Crippen LogP contribution in [0.2, 0.25) is 0 Å². The number of epoxide rings is 1. The van der Waals surface area contributed by atoms with Gasteiger partial charge in [0.05, 0.1) is 13.2 Å². The van der Waals surface area contributed by atoms with Gasteiger partial charge >= 0.3 is 0 Å². The Morgan fingerprint density at radius 1 is 1.18 bits per heavy atom. The van der Waals surface area contributed by atoms with E-state index in [0.717, 1.165) is 28.7 Å². The summed E-state index contributed by atoms with van der Waals surface area (Å²) in [6, 6.07) is 11.8. The van der Waals surface area contributed by atoms with E-state index < -0.39 is 0 Å². The Balaban J connectivity index is 1.99. The lowest BCUT2D eigenvalue weighted by Crippen LogP contribution is -2.04. The average molecular weight is 230 g/mol. The van der Waals surface area contributed by atoms with E-state index in [1.807, 2.05) is 36.4 Å². The zero-order chi connectivity index (χ0) is 11.7. The van der Waals surface area contributed by atoms with Gasteiger partial charge in [-0.1, -0.05) is 30.3 Å². The molecule has 1 fully saturated rings. The summed E-state index contributed by atoms with van der Waals surface area (Å²) in [6.07, 6.45) is 0.256. The predicted molar refractivity (Wildman–Crippen MR) is 65.1 cm³/mol. The van der Waals surface area contributed by atoms with Crippen molar-refractivity contribution >= 4 is 10.8 Å². The van der Waals surface area contributed by atoms with Gasteiger partial charge in [-0.15, -0.1) is 0 Å². The van der Waals surface area contributed by atoms with E-state index in [1.165, 1.54) is 0 Å². The van der Waals surface area contributed by atoms with Gasteiger partial charge in [-0.05, 0) is 17.0 Å². The van der Waals surface area contributed by atoms with Gasteiger partial charge in [0.25, 0.3) is 0 Å². The quantitative estimate of drug-likeness (QED) is 0.818. The average Bonchev–Trinajstić information content (AvgIpc) is 3.20. The minimum atomic E-state index is 0.0481. The SMILES string of the molecule is OCc1ccc(OC[C@@H]2CO2)c2ccccc12. The van der Waals surface area contributed by atoms with Crippen molar-refractivity contribution in [3.63, 3.8) is 0 Å². The van der Waals surface area contributed by atoms with Gasteiger partial charge in [-0.2, -0.15) is 0 Å². The molecule has 1 N–H and O–H groups in total. The van der Waals surface area contributed by atoms with Crippen LogP contribution in [0.3, 0.4) is 0 Å². The number of hydrogen-bond donors (Lipinski definition) is 1. The van der Waals surface area contributed by atoms with Crippen molar-refractivity contribution in [1.82, 2.24) is 0 Å². The molecule has 0 amide bonds. The molecule has 1 heterocycles. The molecule has 3 heteroatoms. The Kier molecular flexibility index (Phi) is 2.71. The summed E-state index contributed by atoms with van der Waals surface area (Å²) in [5, 5.41) is 11.4. The molecule has 2 aromatic carbocycles. The number of ether oxygens (including phenoxy) is 2. The molecule has 0 aromatic heterocycles. The Labute approximate surface area is 99.6 Å². The lowest BCUT2D eigenvalue weighted by Gasteiger charge is -2.10. The molecule has 88 valence electrons. The van der Waals surface area contributed by atoms with Crippen LogP contribution in [0.1, 0.15) is 5.56 Å². The smallest absolute Gasteiger partial charge is 0.127 e. The van der Waals surface area contributed by atoms with Crippen LogP contribution in [-0.2, 0) is 11.3 Å². The van der Waals surface area contributed by atoms with Crippen molar-refractivity contribution in [2.24, 2.45) is 0 Å². The van der Waals surface area contributed by atoms with Crippen LogP contribution in [-0.4, -0.2) is 24.4 Å². The van der Waals surface area contributed by atoms with Crippen LogP contribution >= 0.6 is 0 Å². The monoisotopic (exact) mass is 230 g/mol. The summed E-state index contributed by atoms with van der Waals surface area (Å²) in [6.45, 7) is 1.45. The fourth-order valence-electron chi connectivity index (χ4n) is 1.94. The Bertz CT molecular complexity index is 532. The van der Waals surface area contributed by atoms with E-state index in [9.17, 15) is 5.11 Å². The van der Waals surface area contributed by atoms with E-state index in [4.69, 9.17) is 9.47 Å². The van der Waals surface area contributed by atoms with Crippen LogP contribution in [0.15, 0.2) is 36.4 Å². The third-order valence-electron chi connectivity index (χ3n) is 2.97. The molecule has 1 atom stereocenters. The fraction of sp³-hybridized carbons (Fsp3) is 0.286. The first-order valence-electron chi connectivity index (χ1n) is 5.74. The highest BCUT2D eigenvalue weighted by atomic mass is 16.6. The van der Waals surface area contributed by atoms with Crippen molar-refractivity contribution in [2.45, 2.75) is 12.7 Å². The molecule has 1 saturated heterocycles. The molecule has 0 radical (unpaired) electrons. The van der Waals surface area contributed by atoms with Crippen molar-refractivity contribution in [3.8, 4) is 5.75 Å². The largest absolute Gasteiger partial charge is 0.490 e. The molecule has 2 aromatic rings. The molecular formula is C14H14O3. The summed E-state index contributed by atoms with van der Waals surface area (Å²) in [4.78, 5) is 0. The van der Waals surface area contributed by atoms with E-state index in [2.05, 4.69) is 0 Å². The topological polar surface area (TPSA) is 42.0 Å². The molecule has 0 saturated carbocycles. The van der Waals surface area contributed by atoms with Crippen LogP contribution in [0.5, 0.6) is 5.75 Å². The first-order chi connectivity index (χ1) is 8.38. The number of hydrogen-bond acceptors (Lipinski definition) is 3. The lowest BCUT2D eigenvalue weighted by molar-refractivity contribution is 0.265. The highest BCUT2D eigenvalue weighted by molar-refractivity contribution is 5.91.